The third-order valence-corrected chi connectivity index (χ3v) is 6.69. The molecule has 2 N–H and O–H groups in total. The summed E-state index contributed by atoms with van der Waals surface area (Å²) in [5, 5.41) is 6.23. The van der Waals surface area contributed by atoms with E-state index in [0.29, 0.717) is 23.7 Å². The summed E-state index contributed by atoms with van der Waals surface area (Å²) in [4.78, 5) is 4.41. The van der Waals surface area contributed by atoms with E-state index in [4.69, 9.17) is 0 Å². The van der Waals surface area contributed by atoms with E-state index < -0.39 is 19.7 Å². The molecule has 0 bridgehead atoms. The Hall–Kier alpha value is -0.880. The smallest absolute Gasteiger partial charge is 0.191 e. The second kappa shape index (κ2) is 11.8. The molecule has 0 amide bonds. The Balaban J connectivity index is 0.00000676. The van der Waals surface area contributed by atoms with Crippen molar-refractivity contribution in [2.24, 2.45) is 4.99 Å². The Morgan fingerprint density at radius 2 is 1.70 bits per heavy atom. The van der Waals surface area contributed by atoms with Crippen LogP contribution in [0.5, 0.6) is 0 Å². The van der Waals surface area contributed by atoms with Crippen molar-refractivity contribution < 1.29 is 16.8 Å². The lowest BCUT2D eigenvalue weighted by Crippen LogP contribution is -2.48. The zero-order valence-corrected chi connectivity index (χ0v) is 20.1. The van der Waals surface area contributed by atoms with Gasteiger partial charge in [-0.2, -0.15) is 0 Å². The molecule has 156 valence electrons. The summed E-state index contributed by atoms with van der Waals surface area (Å²) in [7, 11) is -4.84. The Labute approximate surface area is 180 Å². The lowest BCUT2D eigenvalue weighted by molar-refractivity contribution is 0.556. The molecule has 2 atom stereocenters. The molecule has 0 fully saturated rings. The third kappa shape index (κ3) is 10.3. The van der Waals surface area contributed by atoms with E-state index in [1.165, 1.54) is 6.26 Å². The summed E-state index contributed by atoms with van der Waals surface area (Å²) in [5.41, 5.74) is 0. The monoisotopic (exact) mass is 531 g/mol. The van der Waals surface area contributed by atoms with Gasteiger partial charge in [0.15, 0.2) is 15.8 Å². The van der Waals surface area contributed by atoms with Gasteiger partial charge >= 0.3 is 0 Å². The average molecular weight is 531 g/mol. The van der Waals surface area contributed by atoms with Gasteiger partial charge in [-0.25, -0.2) is 16.8 Å². The summed E-state index contributed by atoms with van der Waals surface area (Å²) in [6.45, 7) is 3.76. The van der Waals surface area contributed by atoms with Crippen molar-refractivity contribution in [3.63, 3.8) is 0 Å². The predicted octanol–water partition coefficient (Wildman–Crippen LogP) is 1.85. The van der Waals surface area contributed by atoms with Crippen LogP contribution in [0, 0.1) is 0 Å². The molecule has 0 aliphatic heterocycles. The van der Waals surface area contributed by atoms with Crippen LogP contribution in [0.2, 0.25) is 0 Å². The molecule has 0 saturated heterocycles. The molecule has 2 unspecified atom stereocenters. The molecule has 0 radical (unpaired) electrons. The Kier molecular flexibility index (Phi) is 11.5. The Bertz CT molecular complexity index is 797. The fraction of sp³-hybridized carbons (Fsp3) is 0.588. The van der Waals surface area contributed by atoms with Gasteiger partial charge in [0.2, 0.25) is 0 Å². The number of aliphatic imine (C=N–C) groups is 1. The first kappa shape index (κ1) is 26.1. The van der Waals surface area contributed by atoms with Crippen LogP contribution in [0.25, 0.3) is 0 Å². The molecule has 0 heterocycles. The van der Waals surface area contributed by atoms with Crippen molar-refractivity contribution in [2.75, 3.05) is 24.8 Å². The highest BCUT2D eigenvalue weighted by atomic mass is 127. The molecule has 10 heteroatoms. The normalized spacial score (nSPS) is 14.7. The van der Waals surface area contributed by atoms with Gasteiger partial charge in [-0.05, 0) is 31.9 Å². The minimum atomic E-state index is -3.41. The van der Waals surface area contributed by atoms with Crippen molar-refractivity contribution in [1.29, 1.82) is 0 Å². The number of rotatable bonds is 9. The number of halogens is 1. The number of benzene rings is 1. The van der Waals surface area contributed by atoms with Gasteiger partial charge in [-0.15, -0.1) is 24.0 Å². The van der Waals surface area contributed by atoms with Crippen molar-refractivity contribution in [2.45, 2.75) is 43.7 Å². The van der Waals surface area contributed by atoms with Crippen LogP contribution in [-0.4, -0.2) is 59.7 Å². The van der Waals surface area contributed by atoms with Crippen LogP contribution in [0.3, 0.4) is 0 Å². The lowest BCUT2D eigenvalue weighted by Gasteiger charge is -2.23. The van der Waals surface area contributed by atoms with E-state index in [1.54, 1.807) is 37.4 Å². The van der Waals surface area contributed by atoms with Crippen LogP contribution in [0.1, 0.15) is 26.7 Å². The fourth-order valence-electron chi connectivity index (χ4n) is 2.31. The van der Waals surface area contributed by atoms with Crippen molar-refractivity contribution in [3.8, 4) is 0 Å². The second-order valence-electron chi connectivity index (χ2n) is 6.38. The highest BCUT2D eigenvalue weighted by Gasteiger charge is 2.21. The highest BCUT2D eigenvalue weighted by molar-refractivity contribution is 14.0. The van der Waals surface area contributed by atoms with Crippen LogP contribution in [0.15, 0.2) is 40.2 Å². The van der Waals surface area contributed by atoms with Gasteiger partial charge in [-0.3, -0.25) is 4.99 Å². The molecule has 27 heavy (non-hydrogen) atoms. The van der Waals surface area contributed by atoms with Crippen molar-refractivity contribution in [1.82, 2.24) is 10.6 Å². The van der Waals surface area contributed by atoms with Crippen LogP contribution in [0.4, 0.5) is 0 Å². The zero-order chi connectivity index (χ0) is 19.8. The first-order chi connectivity index (χ1) is 12.1. The number of nitrogens with one attached hydrogen (secondary N) is 2. The van der Waals surface area contributed by atoms with Crippen LogP contribution < -0.4 is 10.6 Å². The third-order valence-electron chi connectivity index (χ3n) is 3.88. The van der Waals surface area contributed by atoms with E-state index in [9.17, 15) is 16.8 Å². The second-order valence-corrected chi connectivity index (χ2v) is 10.7. The van der Waals surface area contributed by atoms with Gasteiger partial charge < -0.3 is 10.6 Å². The fourth-order valence-corrected chi connectivity index (χ4v) is 4.71. The standard InChI is InChI=1S/C17H29N3O4S2.HI/c1-5-15(13-26(23,24)16-9-7-6-8-10-16)20-17(18-3)19-14(2)11-12-25(4,21)22;/h6-10,14-15H,5,11-13H2,1-4H3,(H2,18,19,20);1H. The minimum absolute atomic E-state index is 0. The number of hydrogen-bond acceptors (Lipinski definition) is 5. The molecular formula is C17H30IN3O4S2. The zero-order valence-electron chi connectivity index (χ0n) is 16.2. The van der Waals surface area contributed by atoms with E-state index in [-0.39, 0.29) is 47.6 Å². The quantitative estimate of drug-likeness (QED) is 0.286. The average Bonchev–Trinajstić information content (AvgIpc) is 2.58. The summed E-state index contributed by atoms with van der Waals surface area (Å²) in [5.74, 6) is 0.491. The van der Waals surface area contributed by atoms with E-state index in [0.717, 1.165) is 0 Å². The molecular weight excluding hydrogens is 501 g/mol. The van der Waals surface area contributed by atoms with Gasteiger partial charge in [0.25, 0.3) is 0 Å². The van der Waals surface area contributed by atoms with Gasteiger partial charge in [-0.1, -0.05) is 25.1 Å². The Morgan fingerprint density at radius 3 is 2.19 bits per heavy atom. The van der Waals surface area contributed by atoms with E-state index in [1.807, 2.05) is 13.8 Å². The predicted molar refractivity (Wildman–Crippen MR) is 121 cm³/mol. The van der Waals surface area contributed by atoms with Gasteiger partial charge in [0, 0.05) is 25.4 Å². The van der Waals surface area contributed by atoms with Crippen molar-refractivity contribution >= 4 is 49.6 Å². The van der Waals surface area contributed by atoms with E-state index in [2.05, 4.69) is 15.6 Å². The molecule has 0 aromatic heterocycles. The van der Waals surface area contributed by atoms with Crippen LogP contribution >= 0.6 is 24.0 Å². The summed E-state index contributed by atoms with van der Waals surface area (Å²) in [6, 6.07) is 7.92. The summed E-state index contributed by atoms with van der Waals surface area (Å²) in [6.07, 6.45) is 2.25. The number of hydrogen-bond donors (Lipinski definition) is 2. The maximum Gasteiger partial charge on any atom is 0.191 e. The van der Waals surface area contributed by atoms with E-state index >= 15 is 0 Å². The van der Waals surface area contributed by atoms with Crippen molar-refractivity contribution in [3.05, 3.63) is 30.3 Å². The van der Waals surface area contributed by atoms with Crippen LogP contribution in [-0.2, 0) is 19.7 Å². The first-order valence-electron chi connectivity index (χ1n) is 8.52. The maximum absolute atomic E-state index is 12.5. The summed E-state index contributed by atoms with van der Waals surface area (Å²) >= 11 is 0. The molecule has 1 aromatic rings. The van der Waals surface area contributed by atoms with Gasteiger partial charge in [0.1, 0.15) is 9.84 Å². The Morgan fingerprint density at radius 1 is 1.11 bits per heavy atom. The topological polar surface area (TPSA) is 105 Å². The largest absolute Gasteiger partial charge is 0.354 e. The van der Waals surface area contributed by atoms with Gasteiger partial charge in [0.05, 0.1) is 16.4 Å². The SMILES string of the molecule is CCC(CS(=O)(=O)c1ccccc1)NC(=NC)NC(C)CCS(C)(=O)=O.I. The molecule has 1 rings (SSSR count). The number of nitrogens with zero attached hydrogens (tertiary/aromatic N) is 1. The molecule has 1 aromatic carbocycles. The molecule has 0 aliphatic carbocycles. The maximum atomic E-state index is 12.5. The summed E-state index contributed by atoms with van der Waals surface area (Å²) < 4.78 is 47.6. The minimum Gasteiger partial charge on any atom is -0.354 e. The lowest BCUT2D eigenvalue weighted by atomic mass is 10.2. The first-order valence-corrected chi connectivity index (χ1v) is 12.2. The highest BCUT2D eigenvalue weighted by Crippen LogP contribution is 2.12. The molecule has 0 saturated carbocycles. The molecule has 0 spiro atoms. The number of sulfone groups is 2. The molecule has 0 aliphatic rings. The molecule has 7 nitrogen and oxygen atoms in total. The number of guanidine groups is 1.